The Balaban J connectivity index is 1.63. The number of oxazole rings is 1. The summed E-state index contributed by atoms with van der Waals surface area (Å²) >= 11 is 13.3. The number of carbonyl (C=O) groups is 1. The molecule has 0 aliphatic carbocycles. The number of nitrogens with zero attached hydrogens (tertiary/aromatic N) is 3. The first-order valence-corrected chi connectivity index (χ1v) is 18.1. The summed E-state index contributed by atoms with van der Waals surface area (Å²) in [5.41, 5.74) is 0.102. The maximum absolute atomic E-state index is 15.6. The van der Waals surface area contributed by atoms with Crippen LogP contribution >= 0.6 is 23.2 Å². The third kappa shape index (κ3) is 5.85. The predicted molar refractivity (Wildman–Crippen MR) is 184 cm³/mol. The zero-order valence-corrected chi connectivity index (χ0v) is 29.5. The van der Waals surface area contributed by atoms with Crippen molar-refractivity contribution in [3.63, 3.8) is 0 Å². The minimum Gasteiger partial charge on any atom is -0.496 e. The van der Waals surface area contributed by atoms with Crippen LogP contribution in [0.2, 0.25) is 10.0 Å². The van der Waals surface area contributed by atoms with E-state index in [1.54, 1.807) is 24.4 Å². The van der Waals surface area contributed by atoms with Crippen molar-refractivity contribution >= 4 is 44.8 Å². The third-order valence-corrected chi connectivity index (χ3v) is 11.2. The van der Waals surface area contributed by atoms with E-state index in [4.69, 9.17) is 37.1 Å². The molecule has 1 N–H and O–H groups in total. The highest BCUT2D eigenvalue weighted by Gasteiger charge is 2.63. The second kappa shape index (κ2) is 13.7. The number of halogens is 2. The van der Waals surface area contributed by atoms with Crippen LogP contribution in [0.5, 0.6) is 11.5 Å². The number of ether oxygens (including phenoxy) is 2. The van der Waals surface area contributed by atoms with Crippen LogP contribution in [0.15, 0.2) is 76.4 Å². The molecule has 1 unspecified atom stereocenters. The Morgan fingerprint density at radius 2 is 1.83 bits per heavy atom. The Labute approximate surface area is 291 Å². The van der Waals surface area contributed by atoms with Crippen molar-refractivity contribution < 1.29 is 27.1 Å². The molecule has 6 rings (SSSR count). The Bertz CT molecular complexity index is 1900. The fraction of sp³-hybridized carbons (Fsp3) is 0.371. The van der Waals surface area contributed by atoms with Crippen LogP contribution in [0, 0.1) is 5.92 Å². The molecule has 1 fully saturated rings. The van der Waals surface area contributed by atoms with Gasteiger partial charge in [0.15, 0.2) is 5.54 Å². The lowest BCUT2D eigenvalue weighted by molar-refractivity contribution is -0.127. The van der Waals surface area contributed by atoms with Gasteiger partial charge in [-0.1, -0.05) is 43.1 Å². The normalized spacial score (nSPS) is 19.7. The predicted octanol–water partition coefficient (Wildman–Crippen LogP) is 6.95. The molecule has 2 aliphatic heterocycles. The van der Waals surface area contributed by atoms with Crippen LogP contribution in [0.3, 0.4) is 0 Å². The Morgan fingerprint density at radius 3 is 2.50 bits per heavy atom. The smallest absolute Gasteiger partial charge is 0.271 e. The van der Waals surface area contributed by atoms with Crippen LogP contribution < -0.4 is 19.1 Å². The van der Waals surface area contributed by atoms with Crippen molar-refractivity contribution in [3.05, 3.63) is 99.7 Å². The standard InChI is InChI=1S/C35H38Cl2N4O6S/c1-5-46-24-9-11-25(12-10-24)48(43,44)41-31-19-29(37)28(36)18-26(31)35(34(41)42,40-15-6-7-30(40)33-39-14-16-47-33)27-17-23(8-13-32(27)45-4)21-38-20-22(2)3/h8-14,16-19,22,30,38H,5-7,15,20-21H2,1-4H3/t30-,35?/m0/s1. The molecule has 3 heterocycles. The van der Waals surface area contributed by atoms with Crippen molar-refractivity contribution in [2.45, 2.75) is 56.6 Å². The first-order chi connectivity index (χ1) is 23.0. The molecule has 0 spiro atoms. The molecule has 1 saturated heterocycles. The van der Waals surface area contributed by atoms with Crippen LogP contribution in [0.25, 0.3) is 0 Å². The fourth-order valence-electron chi connectivity index (χ4n) is 6.75. The summed E-state index contributed by atoms with van der Waals surface area (Å²) in [4.78, 5) is 21.9. The average molecular weight is 714 g/mol. The number of aromatic nitrogens is 1. The van der Waals surface area contributed by atoms with E-state index in [0.717, 1.165) is 16.4 Å². The number of nitrogens with one attached hydrogen (secondary N) is 1. The van der Waals surface area contributed by atoms with Gasteiger partial charge in [0.25, 0.3) is 15.9 Å². The second-order valence-corrected chi connectivity index (χ2v) is 14.9. The molecule has 1 amide bonds. The number of amides is 1. The van der Waals surface area contributed by atoms with Gasteiger partial charge in [0, 0.05) is 24.2 Å². The highest BCUT2D eigenvalue weighted by Crippen LogP contribution is 2.57. The molecule has 4 aromatic rings. The second-order valence-electron chi connectivity index (χ2n) is 12.3. The number of rotatable bonds is 12. The van der Waals surface area contributed by atoms with Gasteiger partial charge in [0.2, 0.25) is 5.89 Å². The van der Waals surface area contributed by atoms with Crippen molar-refractivity contribution in [1.29, 1.82) is 0 Å². The van der Waals surface area contributed by atoms with Gasteiger partial charge in [0.1, 0.15) is 17.8 Å². The molecular weight excluding hydrogens is 675 g/mol. The van der Waals surface area contributed by atoms with E-state index < -0.39 is 27.5 Å². The summed E-state index contributed by atoms with van der Waals surface area (Å²) in [6, 6.07) is 14.2. The quantitative estimate of drug-likeness (QED) is 0.167. The van der Waals surface area contributed by atoms with E-state index >= 15 is 4.79 Å². The third-order valence-electron chi connectivity index (χ3n) is 8.77. The molecule has 10 nitrogen and oxygen atoms in total. The number of sulfonamides is 1. The number of carbonyl (C=O) groups excluding carboxylic acids is 1. The molecular formula is C35H38Cl2N4O6S. The molecule has 0 radical (unpaired) electrons. The maximum Gasteiger partial charge on any atom is 0.271 e. The number of methoxy groups -OCH3 is 1. The zero-order chi connectivity index (χ0) is 34.2. The highest BCUT2D eigenvalue weighted by molar-refractivity contribution is 7.93. The van der Waals surface area contributed by atoms with Crippen LogP contribution in [0.4, 0.5) is 5.69 Å². The minimum atomic E-state index is -4.49. The van der Waals surface area contributed by atoms with Gasteiger partial charge in [-0.2, -0.15) is 0 Å². The largest absolute Gasteiger partial charge is 0.496 e. The molecule has 1 aromatic heterocycles. The van der Waals surface area contributed by atoms with E-state index in [9.17, 15) is 8.42 Å². The molecule has 3 aromatic carbocycles. The van der Waals surface area contributed by atoms with E-state index in [2.05, 4.69) is 24.1 Å². The van der Waals surface area contributed by atoms with Gasteiger partial charge in [0.05, 0.1) is 46.6 Å². The summed E-state index contributed by atoms with van der Waals surface area (Å²) in [6.45, 7) is 8.24. The van der Waals surface area contributed by atoms with Gasteiger partial charge in [-0.25, -0.2) is 17.7 Å². The first kappa shape index (κ1) is 34.3. The Kier molecular flexibility index (Phi) is 9.79. The molecule has 2 atom stereocenters. The van der Waals surface area contributed by atoms with Crippen LogP contribution in [0.1, 0.15) is 62.2 Å². The lowest BCUT2D eigenvalue weighted by atomic mass is 9.80. The summed E-state index contributed by atoms with van der Waals surface area (Å²) < 4.78 is 47.4. The molecule has 2 aliphatic rings. The van der Waals surface area contributed by atoms with Crippen LogP contribution in [-0.2, 0) is 26.9 Å². The van der Waals surface area contributed by atoms with E-state index in [0.29, 0.717) is 67.0 Å². The van der Waals surface area contributed by atoms with Gasteiger partial charge in [-0.3, -0.25) is 9.69 Å². The summed E-state index contributed by atoms with van der Waals surface area (Å²) in [5, 5.41) is 3.75. The lowest BCUT2D eigenvalue weighted by Gasteiger charge is -2.41. The van der Waals surface area contributed by atoms with E-state index in [-0.39, 0.29) is 20.6 Å². The number of hydrogen-bond acceptors (Lipinski definition) is 9. The van der Waals surface area contributed by atoms with Crippen molar-refractivity contribution in [2.24, 2.45) is 5.92 Å². The average Bonchev–Trinajstić information content (AvgIpc) is 3.81. The van der Waals surface area contributed by atoms with E-state index in [1.807, 2.05) is 30.0 Å². The minimum absolute atomic E-state index is 0.0867. The molecule has 0 saturated carbocycles. The number of likely N-dealkylation sites (tertiary alicyclic amines) is 1. The molecule has 48 heavy (non-hydrogen) atoms. The van der Waals surface area contributed by atoms with E-state index in [1.165, 1.54) is 31.6 Å². The highest BCUT2D eigenvalue weighted by atomic mass is 35.5. The van der Waals surface area contributed by atoms with Gasteiger partial charge in [-0.05, 0) is 86.3 Å². The van der Waals surface area contributed by atoms with Crippen LogP contribution in [-0.4, -0.2) is 51.0 Å². The topological polar surface area (TPSA) is 114 Å². The summed E-state index contributed by atoms with van der Waals surface area (Å²) in [5.74, 6) is 1.05. The summed E-state index contributed by atoms with van der Waals surface area (Å²) in [6.07, 6.45) is 4.37. The number of hydrogen-bond donors (Lipinski definition) is 1. The zero-order valence-electron chi connectivity index (χ0n) is 27.2. The van der Waals surface area contributed by atoms with Gasteiger partial charge < -0.3 is 19.2 Å². The number of benzene rings is 3. The van der Waals surface area contributed by atoms with Crippen molar-refractivity contribution in [3.8, 4) is 11.5 Å². The van der Waals surface area contributed by atoms with Gasteiger partial charge in [-0.15, -0.1) is 0 Å². The fourth-order valence-corrected chi connectivity index (χ4v) is 8.53. The van der Waals surface area contributed by atoms with Crippen molar-refractivity contribution in [2.75, 3.05) is 31.1 Å². The monoisotopic (exact) mass is 712 g/mol. The molecule has 0 bridgehead atoms. The number of anilines is 1. The number of fused-ring (bicyclic) bond motifs is 1. The molecule has 13 heteroatoms. The molecule has 254 valence electrons. The first-order valence-electron chi connectivity index (χ1n) is 15.9. The summed E-state index contributed by atoms with van der Waals surface area (Å²) in [7, 11) is -2.96. The SMILES string of the molecule is CCOc1ccc(S(=O)(=O)N2C(=O)C(c3cc(CNCC(C)C)ccc3OC)(N3CCC[C@H]3c3ncco3)c3cc(Cl)c(Cl)cc32)cc1. The Morgan fingerprint density at radius 1 is 1.08 bits per heavy atom. The van der Waals surface area contributed by atoms with Gasteiger partial charge >= 0.3 is 0 Å². The lowest BCUT2D eigenvalue weighted by Crippen LogP contribution is -2.54. The maximum atomic E-state index is 15.6. The Hall–Kier alpha value is -3.61. The van der Waals surface area contributed by atoms with Crippen molar-refractivity contribution in [1.82, 2.24) is 15.2 Å².